The molecule has 0 spiro atoms. The number of pyridine rings is 1. The number of carbonyl (C=O) groups excluding carboxylic acids is 1. The molecule has 0 aliphatic heterocycles. The van der Waals surface area contributed by atoms with E-state index in [1.807, 2.05) is 42.6 Å². The van der Waals surface area contributed by atoms with Gasteiger partial charge in [0.25, 0.3) is 5.91 Å². The van der Waals surface area contributed by atoms with Crippen molar-refractivity contribution in [3.05, 3.63) is 89.2 Å². The van der Waals surface area contributed by atoms with E-state index >= 15 is 0 Å². The zero-order valence-corrected chi connectivity index (χ0v) is 16.2. The van der Waals surface area contributed by atoms with Crippen LogP contribution in [0.25, 0.3) is 0 Å². The number of nitrogens with zero attached hydrogens (tertiary/aromatic N) is 1. The maximum absolute atomic E-state index is 12.2. The van der Waals surface area contributed by atoms with Crippen molar-refractivity contribution in [2.75, 3.05) is 13.2 Å². The van der Waals surface area contributed by atoms with Crippen LogP contribution in [-0.4, -0.2) is 24.0 Å². The van der Waals surface area contributed by atoms with Gasteiger partial charge in [-0.2, -0.15) is 0 Å². The zero-order chi connectivity index (χ0) is 18.9. The molecule has 0 atom stereocenters. The van der Waals surface area contributed by atoms with Crippen LogP contribution in [0.1, 0.15) is 15.9 Å². The fraction of sp³-hybridized carbons (Fsp3) is 0.143. The van der Waals surface area contributed by atoms with E-state index in [1.165, 1.54) is 5.56 Å². The second-order valence-electron chi connectivity index (χ2n) is 5.73. The average Bonchev–Trinajstić information content (AvgIpc) is 2.72. The van der Waals surface area contributed by atoms with Crippen LogP contribution < -0.4 is 10.1 Å². The predicted octanol–water partition coefficient (Wildman–Crippen LogP) is 4.84. The Morgan fingerprint density at radius 1 is 1.07 bits per heavy atom. The molecule has 138 valence electrons. The summed E-state index contributed by atoms with van der Waals surface area (Å²) in [5.41, 5.74) is 1.80. The molecule has 0 unspecified atom stereocenters. The van der Waals surface area contributed by atoms with Gasteiger partial charge >= 0.3 is 0 Å². The molecule has 2 aromatic carbocycles. The highest BCUT2D eigenvalue weighted by atomic mass is 35.5. The van der Waals surface area contributed by atoms with Gasteiger partial charge in [0, 0.05) is 33.6 Å². The van der Waals surface area contributed by atoms with Crippen molar-refractivity contribution in [2.24, 2.45) is 0 Å². The monoisotopic (exact) mass is 398 g/mol. The van der Waals surface area contributed by atoms with Crippen molar-refractivity contribution in [1.29, 1.82) is 0 Å². The van der Waals surface area contributed by atoms with Crippen LogP contribution in [-0.2, 0) is 5.75 Å². The third-order valence-electron chi connectivity index (χ3n) is 3.71. The Kier molecular flexibility index (Phi) is 7.13. The summed E-state index contributed by atoms with van der Waals surface area (Å²) in [6.07, 6.45) is 3.63. The molecule has 0 bridgehead atoms. The largest absolute Gasteiger partial charge is 0.492 e. The summed E-state index contributed by atoms with van der Waals surface area (Å²) in [7, 11) is 0. The molecule has 0 aliphatic carbocycles. The SMILES string of the molecule is O=C(NCCOc1ccc(Cl)cc1)c1ccc(SCc2cccnc2)cc1. The van der Waals surface area contributed by atoms with Gasteiger partial charge in [-0.15, -0.1) is 11.8 Å². The van der Waals surface area contributed by atoms with Crippen molar-refractivity contribution < 1.29 is 9.53 Å². The van der Waals surface area contributed by atoms with Gasteiger partial charge in [-0.25, -0.2) is 0 Å². The number of thioether (sulfide) groups is 1. The highest BCUT2D eigenvalue weighted by Crippen LogP contribution is 2.22. The van der Waals surface area contributed by atoms with E-state index in [0.29, 0.717) is 23.7 Å². The molecule has 3 rings (SSSR count). The number of hydrogen-bond donors (Lipinski definition) is 1. The third kappa shape index (κ3) is 6.31. The van der Waals surface area contributed by atoms with Crippen LogP contribution in [0.4, 0.5) is 0 Å². The van der Waals surface area contributed by atoms with Gasteiger partial charge < -0.3 is 10.1 Å². The van der Waals surface area contributed by atoms with E-state index in [2.05, 4.69) is 10.3 Å². The first kappa shape index (κ1) is 19.3. The molecule has 0 aliphatic rings. The van der Waals surface area contributed by atoms with Crippen LogP contribution >= 0.6 is 23.4 Å². The lowest BCUT2D eigenvalue weighted by molar-refractivity contribution is 0.0947. The molecule has 6 heteroatoms. The number of nitrogens with one attached hydrogen (secondary N) is 1. The van der Waals surface area contributed by atoms with E-state index < -0.39 is 0 Å². The van der Waals surface area contributed by atoms with E-state index in [-0.39, 0.29) is 5.91 Å². The molecule has 27 heavy (non-hydrogen) atoms. The highest BCUT2D eigenvalue weighted by molar-refractivity contribution is 7.98. The van der Waals surface area contributed by atoms with Gasteiger partial charge in [-0.1, -0.05) is 17.7 Å². The van der Waals surface area contributed by atoms with Gasteiger partial charge in [-0.3, -0.25) is 9.78 Å². The first-order valence-corrected chi connectivity index (χ1v) is 9.85. The van der Waals surface area contributed by atoms with Gasteiger partial charge in [0.1, 0.15) is 12.4 Å². The summed E-state index contributed by atoms with van der Waals surface area (Å²) in [4.78, 5) is 17.4. The van der Waals surface area contributed by atoms with Crippen molar-refractivity contribution in [1.82, 2.24) is 10.3 Å². The Morgan fingerprint density at radius 2 is 1.85 bits per heavy atom. The lowest BCUT2D eigenvalue weighted by Gasteiger charge is -2.08. The van der Waals surface area contributed by atoms with E-state index in [1.54, 1.807) is 42.2 Å². The van der Waals surface area contributed by atoms with E-state index in [0.717, 1.165) is 16.4 Å². The fourth-order valence-electron chi connectivity index (χ4n) is 2.32. The molecule has 1 amide bonds. The summed E-state index contributed by atoms with van der Waals surface area (Å²) in [6.45, 7) is 0.825. The molecule has 1 N–H and O–H groups in total. The van der Waals surface area contributed by atoms with Crippen LogP contribution in [0, 0.1) is 0 Å². The van der Waals surface area contributed by atoms with E-state index in [9.17, 15) is 4.79 Å². The molecular formula is C21H19ClN2O2S. The van der Waals surface area contributed by atoms with Crippen LogP contribution in [0.2, 0.25) is 5.02 Å². The molecule has 3 aromatic rings. The van der Waals surface area contributed by atoms with Crippen LogP contribution in [0.3, 0.4) is 0 Å². The van der Waals surface area contributed by atoms with E-state index in [4.69, 9.17) is 16.3 Å². The first-order chi connectivity index (χ1) is 13.2. The summed E-state index contributed by atoms with van der Waals surface area (Å²) in [6, 6.07) is 18.7. The molecule has 0 radical (unpaired) electrons. The van der Waals surface area contributed by atoms with Crippen molar-refractivity contribution in [3.8, 4) is 5.75 Å². The molecule has 0 fully saturated rings. The zero-order valence-electron chi connectivity index (χ0n) is 14.6. The van der Waals surface area contributed by atoms with Crippen LogP contribution in [0.5, 0.6) is 5.75 Å². The number of amides is 1. The minimum atomic E-state index is -0.112. The standard InChI is InChI=1S/C21H19ClN2O2S/c22-18-5-7-19(8-6-18)26-13-12-24-21(25)17-3-9-20(10-4-17)27-15-16-2-1-11-23-14-16/h1-11,14H,12-13,15H2,(H,24,25). The number of halogens is 1. The quantitative estimate of drug-likeness (QED) is 0.436. The van der Waals surface area contributed by atoms with Gasteiger partial charge in [0.2, 0.25) is 0 Å². The second kappa shape index (κ2) is 10.00. The van der Waals surface area contributed by atoms with Crippen molar-refractivity contribution in [2.45, 2.75) is 10.6 Å². The summed E-state index contributed by atoms with van der Waals surface area (Å²) >= 11 is 7.54. The number of aromatic nitrogens is 1. The number of carbonyl (C=O) groups is 1. The highest BCUT2D eigenvalue weighted by Gasteiger charge is 2.05. The lowest BCUT2D eigenvalue weighted by Crippen LogP contribution is -2.28. The second-order valence-corrected chi connectivity index (χ2v) is 7.22. The summed E-state index contributed by atoms with van der Waals surface area (Å²) in [5, 5.41) is 3.52. The Hall–Kier alpha value is -2.50. The number of rotatable bonds is 8. The van der Waals surface area contributed by atoms with Gasteiger partial charge in [-0.05, 0) is 60.2 Å². The third-order valence-corrected chi connectivity index (χ3v) is 5.05. The van der Waals surface area contributed by atoms with Gasteiger partial charge in [0.05, 0.1) is 6.54 Å². The summed E-state index contributed by atoms with van der Waals surface area (Å²) in [5.74, 6) is 1.46. The Morgan fingerprint density at radius 3 is 2.56 bits per heavy atom. The number of benzene rings is 2. The maximum atomic E-state index is 12.2. The van der Waals surface area contributed by atoms with Crippen molar-refractivity contribution >= 4 is 29.3 Å². The van der Waals surface area contributed by atoms with Crippen LogP contribution in [0.15, 0.2) is 78.0 Å². The topological polar surface area (TPSA) is 51.2 Å². The lowest BCUT2D eigenvalue weighted by atomic mass is 10.2. The molecule has 1 aromatic heterocycles. The Bertz CT molecular complexity index is 856. The van der Waals surface area contributed by atoms with Crippen molar-refractivity contribution in [3.63, 3.8) is 0 Å². The van der Waals surface area contributed by atoms with Gasteiger partial charge in [0.15, 0.2) is 0 Å². The maximum Gasteiger partial charge on any atom is 0.251 e. The average molecular weight is 399 g/mol. The smallest absolute Gasteiger partial charge is 0.251 e. The number of hydrogen-bond acceptors (Lipinski definition) is 4. The molecule has 0 saturated heterocycles. The normalized spacial score (nSPS) is 10.4. The Labute approximate surface area is 167 Å². The summed E-state index contributed by atoms with van der Waals surface area (Å²) < 4.78 is 5.56. The Balaban J connectivity index is 1.41. The minimum Gasteiger partial charge on any atom is -0.492 e. The number of ether oxygens (including phenoxy) is 1. The fourth-order valence-corrected chi connectivity index (χ4v) is 3.28. The first-order valence-electron chi connectivity index (χ1n) is 8.49. The minimum absolute atomic E-state index is 0.112. The molecule has 0 saturated carbocycles. The molecule has 1 heterocycles. The predicted molar refractivity (Wildman–Crippen MR) is 110 cm³/mol. The molecule has 4 nitrogen and oxygen atoms in total. The molecular weight excluding hydrogens is 380 g/mol.